The van der Waals surface area contributed by atoms with Crippen molar-refractivity contribution in [2.24, 2.45) is 0 Å². The van der Waals surface area contributed by atoms with Gasteiger partial charge in [-0.2, -0.15) is 0 Å². The quantitative estimate of drug-likeness (QED) is 0.887. The van der Waals surface area contributed by atoms with Gasteiger partial charge < -0.3 is 25.4 Å². The molecule has 2 heterocycles. The largest absolute Gasteiger partial charge is 0.486 e. The van der Waals surface area contributed by atoms with Crippen LogP contribution in [-0.4, -0.2) is 37.3 Å². The van der Waals surface area contributed by atoms with Crippen molar-refractivity contribution in [1.82, 2.24) is 9.97 Å². The summed E-state index contributed by atoms with van der Waals surface area (Å²) in [5, 5.41) is 3.18. The van der Waals surface area contributed by atoms with Crippen molar-refractivity contribution in [1.29, 1.82) is 0 Å². The molecule has 1 aromatic heterocycles. The van der Waals surface area contributed by atoms with Crippen LogP contribution in [0, 0.1) is 0 Å². The second-order valence-electron chi connectivity index (χ2n) is 4.84. The number of nitrogens with two attached hydrogens (primary N) is 1. The standard InChI is InChI=1S/C14H17N5O2/c1-19(2)14-12(15)13(16-8-17-14)18-9-3-4-10-11(7-9)21-6-5-20-10/h3-4,7-8H,5-6,15H2,1-2H3,(H,16,17,18). The number of hydrogen-bond donors (Lipinski definition) is 2. The monoisotopic (exact) mass is 287 g/mol. The molecule has 0 spiro atoms. The zero-order valence-corrected chi connectivity index (χ0v) is 12.0. The van der Waals surface area contributed by atoms with E-state index in [1.807, 2.05) is 37.2 Å². The van der Waals surface area contributed by atoms with Gasteiger partial charge in [0.05, 0.1) is 0 Å². The van der Waals surface area contributed by atoms with Gasteiger partial charge in [-0.15, -0.1) is 0 Å². The summed E-state index contributed by atoms with van der Waals surface area (Å²) in [6.45, 7) is 1.13. The highest BCUT2D eigenvalue weighted by atomic mass is 16.6. The highest BCUT2D eigenvalue weighted by Gasteiger charge is 2.14. The van der Waals surface area contributed by atoms with Crippen LogP contribution in [0.2, 0.25) is 0 Å². The predicted octanol–water partition coefficient (Wildman–Crippen LogP) is 1.64. The Morgan fingerprint density at radius 1 is 1.14 bits per heavy atom. The normalized spacial score (nSPS) is 12.9. The first kappa shape index (κ1) is 13.3. The van der Waals surface area contributed by atoms with E-state index in [0.717, 1.165) is 11.4 Å². The molecule has 2 aromatic rings. The van der Waals surface area contributed by atoms with E-state index in [9.17, 15) is 0 Å². The van der Waals surface area contributed by atoms with E-state index in [1.54, 1.807) is 0 Å². The Labute approximate surface area is 122 Å². The molecule has 7 nitrogen and oxygen atoms in total. The first-order chi connectivity index (χ1) is 10.1. The predicted molar refractivity (Wildman–Crippen MR) is 81.5 cm³/mol. The topological polar surface area (TPSA) is 85.5 Å². The number of hydrogen-bond acceptors (Lipinski definition) is 7. The molecule has 0 saturated heterocycles. The molecule has 3 rings (SSSR count). The first-order valence-corrected chi connectivity index (χ1v) is 6.59. The molecule has 1 aliphatic heterocycles. The number of nitrogens with zero attached hydrogens (tertiary/aromatic N) is 3. The summed E-state index contributed by atoms with van der Waals surface area (Å²) < 4.78 is 11.0. The lowest BCUT2D eigenvalue weighted by Gasteiger charge is -2.20. The highest BCUT2D eigenvalue weighted by Crippen LogP contribution is 2.34. The van der Waals surface area contributed by atoms with Crippen LogP contribution in [0.5, 0.6) is 11.5 Å². The minimum atomic E-state index is 0.498. The second kappa shape index (κ2) is 5.35. The summed E-state index contributed by atoms with van der Waals surface area (Å²) in [5.41, 5.74) is 7.41. The molecule has 3 N–H and O–H groups in total. The Balaban J connectivity index is 1.88. The van der Waals surface area contributed by atoms with E-state index < -0.39 is 0 Å². The van der Waals surface area contributed by atoms with Gasteiger partial charge in [-0.3, -0.25) is 0 Å². The molecule has 7 heteroatoms. The van der Waals surface area contributed by atoms with Crippen molar-refractivity contribution >= 4 is 23.0 Å². The van der Waals surface area contributed by atoms with Crippen molar-refractivity contribution in [3.8, 4) is 11.5 Å². The number of benzene rings is 1. The van der Waals surface area contributed by atoms with Crippen LogP contribution in [0.25, 0.3) is 0 Å². The molecule has 0 bridgehead atoms. The summed E-state index contributed by atoms with van der Waals surface area (Å²) in [5.74, 6) is 2.69. The molecule has 0 aliphatic carbocycles. The van der Waals surface area contributed by atoms with Gasteiger partial charge in [0.2, 0.25) is 0 Å². The number of aromatic nitrogens is 2. The fourth-order valence-corrected chi connectivity index (χ4v) is 2.10. The molecule has 0 unspecified atom stereocenters. The molecule has 1 aliphatic rings. The van der Waals surface area contributed by atoms with E-state index in [1.165, 1.54) is 6.33 Å². The van der Waals surface area contributed by atoms with Crippen LogP contribution in [0.1, 0.15) is 0 Å². The smallest absolute Gasteiger partial charge is 0.163 e. The molecule has 110 valence electrons. The molecule has 0 saturated carbocycles. The number of nitrogens with one attached hydrogen (secondary N) is 1. The van der Waals surface area contributed by atoms with Gasteiger partial charge >= 0.3 is 0 Å². The SMILES string of the molecule is CN(C)c1ncnc(Nc2ccc3c(c2)OCCO3)c1N. The van der Waals surface area contributed by atoms with E-state index in [0.29, 0.717) is 36.3 Å². The third-order valence-electron chi connectivity index (χ3n) is 3.09. The lowest BCUT2D eigenvalue weighted by molar-refractivity contribution is 0.171. The van der Waals surface area contributed by atoms with Crippen LogP contribution >= 0.6 is 0 Å². The van der Waals surface area contributed by atoms with Gasteiger partial charge in [0, 0.05) is 25.8 Å². The maximum absolute atomic E-state index is 6.08. The second-order valence-corrected chi connectivity index (χ2v) is 4.84. The zero-order chi connectivity index (χ0) is 14.8. The Hall–Kier alpha value is -2.70. The van der Waals surface area contributed by atoms with Gasteiger partial charge in [0.1, 0.15) is 25.2 Å². The molecule has 1 aromatic carbocycles. The third kappa shape index (κ3) is 2.62. The summed E-state index contributed by atoms with van der Waals surface area (Å²) in [6, 6.07) is 5.62. The minimum absolute atomic E-state index is 0.498. The molecule has 21 heavy (non-hydrogen) atoms. The Morgan fingerprint density at radius 2 is 1.90 bits per heavy atom. The number of fused-ring (bicyclic) bond motifs is 1. The first-order valence-electron chi connectivity index (χ1n) is 6.59. The van der Waals surface area contributed by atoms with Crippen molar-refractivity contribution in [3.63, 3.8) is 0 Å². The van der Waals surface area contributed by atoms with Crippen molar-refractivity contribution in [3.05, 3.63) is 24.5 Å². The summed E-state index contributed by atoms with van der Waals surface area (Å²) in [6.07, 6.45) is 1.48. The van der Waals surface area contributed by atoms with E-state index in [2.05, 4.69) is 15.3 Å². The van der Waals surface area contributed by atoms with Crippen molar-refractivity contribution < 1.29 is 9.47 Å². The molecule has 0 fully saturated rings. The summed E-state index contributed by atoms with van der Waals surface area (Å²) in [7, 11) is 3.76. The molecular weight excluding hydrogens is 270 g/mol. The Morgan fingerprint density at radius 3 is 2.67 bits per heavy atom. The fourth-order valence-electron chi connectivity index (χ4n) is 2.10. The van der Waals surface area contributed by atoms with Gasteiger partial charge in [-0.1, -0.05) is 0 Å². The Bertz CT molecular complexity index is 660. The van der Waals surface area contributed by atoms with Crippen LogP contribution in [0.4, 0.5) is 23.0 Å². The van der Waals surface area contributed by atoms with E-state index >= 15 is 0 Å². The van der Waals surface area contributed by atoms with Gasteiger partial charge in [0.15, 0.2) is 23.1 Å². The minimum Gasteiger partial charge on any atom is -0.486 e. The summed E-state index contributed by atoms with van der Waals surface area (Å²) >= 11 is 0. The third-order valence-corrected chi connectivity index (χ3v) is 3.09. The molecule has 0 amide bonds. The van der Waals surface area contributed by atoms with Crippen LogP contribution in [0.3, 0.4) is 0 Å². The molecular formula is C14H17N5O2. The fraction of sp³-hybridized carbons (Fsp3) is 0.286. The highest BCUT2D eigenvalue weighted by molar-refractivity contribution is 5.78. The summed E-state index contributed by atoms with van der Waals surface area (Å²) in [4.78, 5) is 10.2. The van der Waals surface area contributed by atoms with Crippen LogP contribution in [0.15, 0.2) is 24.5 Å². The number of nitrogen functional groups attached to an aromatic ring is 1. The van der Waals surface area contributed by atoms with Gasteiger partial charge in [-0.25, -0.2) is 9.97 Å². The lowest BCUT2D eigenvalue weighted by atomic mass is 10.2. The maximum Gasteiger partial charge on any atom is 0.163 e. The van der Waals surface area contributed by atoms with Crippen molar-refractivity contribution in [2.75, 3.05) is 43.3 Å². The van der Waals surface area contributed by atoms with Gasteiger partial charge in [0.25, 0.3) is 0 Å². The number of ether oxygens (including phenoxy) is 2. The Kier molecular flexibility index (Phi) is 3.39. The van der Waals surface area contributed by atoms with Crippen LogP contribution < -0.4 is 25.4 Å². The average molecular weight is 287 g/mol. The molecule has 0 atom stereocenters. The van der Waals surface area contributed by atoms with Crippen LogP contribution in [-0.2, 0) is 0 Å². The lowest BCUT2D eigenvalue weighted by Crippen LogP contribution is -2.16. The van der Waals surface area contributed by atoms with E-state index in [4.69, 9.17) is 15.2 Å². The van der Waals surface area contributed by atoms with Gasteiger partial charge in [-0.05, 0) is 12.1 Å². The number of rotatable bonds is 3. The zero-order valence-electron chi connectivity index (χ0n) is 12.0. The van der Waals surface area contributed by atoms with Crippen molar-refractivity contribution in [2.45, 2.75) is 0 Å². The maximum atomic E-state index is 6.08. The van der Waals surface area contributed by atoms with E-state index in [-0.39, 0.29) is 0 Å². The average Bonchev–Trinajstić information content (AvgIpc) is 2.49. The number of anilines is 4. The molecule has 0 radical (unpaired) electrons.